The molecule has 0 radical (unpaired) electrons. The molecule has 0 bridgehead atoms. The number of hydrogen-bond acceptors (Lipinski definition) is 4. The average Bonchev–Trinajstić information content (AvgIpc) is 2.75. The summed E-state index contributed by atoms with van der Waals surface area (Å²) in [4.78, 5) is 12.7. The number of rotatable bonds is 3. The topological polar surface area (TPSA) is 35.5 Å². The van der Waals surface area contributed by atoms with Crippen molar-refractivity contribution in [1.29, 1.82) is 0 Å². The molecule has 0 spiro atoms. The predicted octanol–water partition coefficient (Wildman–Crippen LogP) is 1.93. The summed E-state index contributed by atoms with van der Waals surface area (Å²) in [5, 5.41) is 2.03. The zero-order valence-electron chi connectivity index (χ0n) is 8.77. The summed E-state index contributed by atoms with van der Waals surface area (Å²) in [7, 11) is 0. The summed E-state index contributed by atoms with van der Waals surface area (Å²) < 4.78 is 10.4. The van der Waals surface area contributed by atoms with E-state index in [-0.39, 0.29) is 25.1 Å². The van der Waals surface area contributed by atoms with Gasteiger partial charge in [-0.05, 0) is 17.0 Å². The highest BCUT2D eigenvalue weighted by atomic mass is 32.1. The third-order valence-electron chi connectivity index (χ3n) is 2.44. The normalized spacial score (nSPS) is 18.6. The maximum atomic E-state index is 11.4. The number of hydrogen-bond donors (Lipinski definition) is 0. The van der Waals surface area contributed by atoms with Crippen molar-refractivity contribution >= 4 is 17.3 Å². The van der Waals surface area contributed by atoms with Crippen LogP contribution in [-0.4, -0.2) is 19.2 Å². The Morgan fingerprint density at radius 3 is 3.44 bits per heavy atom. The van der Waals surface area contributed by atoms with E-state index in [1.165, 1.54) is 4.88 Å². The van der Waals surface area contributed by atoms with Crippen molar-refractivity contribution in [3.8, 4) is 12.3 Å². The molecule has 3 nitrogen and oxygen atoms in total. The third kappa shape index (κ3) is 2.43. The fraction of sp³-hybridized carbons (Fsp3) is 0.417. The Kier molecular flexibility index (Phi) is 3.60. The fourth-order valence-corrected chi connectivity index (χ4v) is 2.64. The fourth-order valence-electron chi connectivity index (χ4n) is 1.73. The minimum absolute atomic E-state index is 0.0298. The third-order valence-corrected chi connectivity index (χ3v) is 3.44. The summed E-state index contributed by atoms with van der Waals surface area (Å²) in [6, 6.07) is 2.01. The second-order valence-electron chi connectivity index (χ2n) is 3.48. The Bertz CT molecular complexity index is 416. The molecule has 1 aromatic rings. The first kappa shape index (κ1) is 11.2. The number of thiophene rings is 1. The van der Waals surface area contributed by atoms with Gasteiger partial charge in [-0.1, -0.05) is 5.92 Å². The van der Waals surface area contributed by atoms with E-state index < -0.39 is 0 Å². The van der Waals surface area contributed by atoms with Crippen LogP contribution >= 0.6 is 11.3 Å². The van der Waals surface area contributed by atoms with Crippen molar-refractivity contribution in [1.82, 2.24) is 0 Å². The molecule has 0 aromatic carbocycles. The van der Waals surface area contributed by atoms with Gasteiger partial charge in [0.25, 0.3) is 0 Å². The summed E-state index contributed by atoms with van der Waals surface area (Å²) >= 11 is 1.71. The van der Waals surface area contributed by atoms with Gasteiger partial charge in [0.1, 0.15) is 0 Å². The summed E-state index contributed by atoms with van der Waals surface area (Å²) in [6.07, 6.45) is 6.02. The van der Waals surface area contributed by atoms with Crippen molar-refractivity contribution in [2.45, 2.75) is 18.9 Å². The van der Waals surface area contributed by atoms with Crippen LogP contribution in [0.1, 0.15) is 23.0 Å². The second-order valence-corrected chi connectivity index (χ2v) is 4.48. The van der Waals surface area contributed by atoms with Crippen LogP contribution in [-0.2, 0) is 20.7 Å². The molecule has 1 aromatic heterocycles. The van der Waals surface area contributed by atoms with Crippen LogP contribution in [0.15, 0.2) is 11.4 Å². The van der Waals surface area contributed by atoms with Gasteiger partial charge in [0.2, 0.25) is 0 Å². The Labute approximate surface area is 98.4 Å². The van der Waals surface area contributed by atoms with E-state index in [1.807, 2.05) is 11.4 Å². The van der Waals surface area contributed by atoms with Crippen LogP contribution in [0, 0.1) is 12.3 Å². The number of ether oxygens (including phenoxy) is 2. The minimum Gasteiger partial charge on any atom is -0.452 e. The first-order valence-electron chi connectivity index (χ1n) is 5.08. The highest BCUT2D eigenvalue weighted by Gasteiger charge is 2.24. The molecule has 0 saturated carbocycles. The van der Waals surface area contributed by atoms with Crippen LogP contribution in [0.2, 0.25) is 0 Å². The first-order valence-corrected chi connectivity index (χ1v) is 5.96. The van der Waals surface area contributed by atoms with E-state index in [1.54, 1.807) is 11.3 Å². The molecule has 2 heterocycles. The van der Waals surface area contributed by atoms with Gasteiger partial charge >= 0.3 is 5.97 Å². The smallest absolute Gasteiger partial charge is 0.309 e. The van der Waals surface area contributed by atoms with E-state index in [0.29, 0.717) is 6.61 Å². The SMILES string of the molecule is C#CCOC(=O)CC1OCCc2sccc21. The quantitative estimate of drug-likeness (QED) is 0.594. The number of carbonyl (C=O) groups is 1. The van der Waals surface area contributed by atoms with Crippen LogP contribution in [0.25, 0.3) is 0 Å². The second kappa shape index (κ2) is 5.15. The number of esters is 1. The standard InChI is InChI=1S/C12H12O3S/c1-2-5-15-12(13)8-10-9-4-7-16-11(9)3-6-14-10/h1,4,7,10H,3,5-6,8H2. The Morgan fingerprint density at radius 2 is 2.62 bits per heavy atom. The highest BCUT2D eigenvalue weighted by Crippen LogP contribution is 2.33. The van der Waals surface area contributed by atoms with Crippen molar-refractivity contribution in [3.05, 3.63) is 21.9 Å². The number of carbonyl (C=O) groups excluding carboxylic acids is 1. The van der Waals surface area contributed by atoms with E-state index in [0.717, 1.165) is 12.0 Å². The number of terminal acetylenes is 1. The molecule has 2 rings (SSSR count). The molecule has 0 aliphatic carbocycles. The lowest BCUT2D eigenvalue weighted by molar-refractivity contribution is -0.145. The van der Waals surface area contributed by atoms with Crippen LogP contribution in [0.3, 0.4) is 0 Å². The van der Waals surface area contributed by atoms with E-state index in [9.17, 15) is 4.79 Å². The molecular weight excluding hydrogens is 224 g/mol. The summed E-state index contributed by atoms with van der Waals surface area (Å²) in [5.41, 5.74) is 1.12. The predicted molar refractivity (Wildman–Crippen MR) is 61.1 cm³/mol. The molecule has 0 amide bonds. The Hall–Kier alpha value is -1.31. The lowest BCUT2D eigenvalue weighted by atomic mass is 10.0. The largest absolute Gasteiger partial charge is 0.452 e. The first-order chi connectivity index (χ1) is 7.81. The van der Waals surface area contributed by atoms with Crippen molar-refractivity contribution in [2.75, 3.05) is 13.2 Å². The van der Waals surface area contributed by atoms with Gasteiger partial charge in [0.05, 0.1) is 19.1 Å². The maximum absolute atomic E-state index is 11.4. The molecule has 1 aliphatic heterocycles. The van der Waals surface area contributed by atoms with Crippen molar-refractivity contribution < 1.29 is 14.3 Å². The van der Waals surface area contributed by atoms with Gasteiger partial charge < -0.3 is 9.47 Å². The molecule has 0 fully saturated rings. The average molecular weight is 236 g/mol. The maximum Gasteiger partial charge on any atom is 0.309 e. The van der Waals surface area contributed by atoms with Crippen LogP contribution < -0.4 is 0 Å². The molecule has 0 N–H and O–H groups in total. The monoisotopic (exact) mass is 236 g/mol. The zero-order chi connectivity index (χ0) is 11.4. The molecule has 84 valence electrons. The van der Waals surface area contributed by atoms with Crippen molar-refractivity contribution in [3.63, 3.8) is 0 Å². The minimum atomic E-state index is -0.304. The molecule has 4 heteroatoms. The van der Waals surface area contributed by atoms with Gasteiger partial charge in [-0.3, -0.25) is 4.79 Å². The van der Waals surface area contributed by atoms with Crippen LogP contribution in [0.4, 0.5) is 0 Å². The lowest BCUT2D eigenvalue weighted by Crippen LogP contribution is -2.18. The molecular formula is C12H12O3S. The van der Waals surface area contributed by atoms with E-state index in [4.69, 9.17) is 15.9 Å². The van der Waals surface area contributed by atoms with Crippen molar-refractivity contribution in [2.24, 2.45) is 0 Å². The number of fused-ring (bicyclic) bond motifs is 1. The van der Waals surface area contributed by atoms with Gasteiger partial charge in [0, 0.05) is 11.3 Å². The van der Waals surface area contributed by atoms with Gasteiger partial charge in [-0.2, -0.15) is 0 Å². The Balaban J connectivity index is 1.97. The molecule has 0 saturated heterocycles. The zero-order valence-corrected chi connectivity index (χ0v) is 9.59. The van der Waals surface area contributed by atoms with Gasteiger partial charge in [0.15, 0.2) is 6.61 Å². The summed E-state index contributed by atoms with van der Waals surface area (Å²) in [5.74, 6) is 1.96. The van der Waals surface area contributed by atoms with E-state index in [2.05, 4.69) is 5.92 Å². The van der Waals surface area contributed by atoms with Gasteiger partial charge in [-0.15, -0.1) is 17.8 Å². The lowest BCUT2D eigenvalue weighted by Gasteiger charge is -2.22. The molecule has 1 aliphatic rings. The van der Waals surface area contributed by atoms with Crippen LogP contribution in [0.5, 0.6) is 0 Å². The molecule has 1 atom stereocenters. The summed E-state index contributed by atoms with van der Waals surface area (Å²) in [6.45, 7) is 0.697. The van der Waals surface area contributed by atoms with Gasteiger partial charge in [-0.25, -0.2) is 0 Å². The Morgan fingerprint density at radius 1 is 1.75 bits per heavy atom. The van der Waals surface area contributed by atoms with E-state index >= 15 is 0 Å². The molecule has 1 unspecified atom stereocenters. The molecule has 16 heavy (non-hydrogen) atoms. The highest BCUT2D eigenvalue weighted by molar-refractivity contribution is 7.10.